The van der Waals surface area contributed by atoms with Gasteiger partial charge in [-0.25, -0.2) is 13.4 Å². The summed E-state index contributed by atoms with van der Waals surface area (Å²) in [7, 11) is -3.84. The molecule has 2 aromatic carbocycles. The Bertz CT molecular complexity index is 1150. The van der Waals surface area contributed by atoms with E-state index in [9.17, 15) is 13.2 Å². The molecule has 154 valence electrons. The molecule has 1 aliphatic heterocycles. The first-order valence-electron chi connectivity index (χ1n) is 9.55. The van der Waals surface area contributed by atoms with E-state index in [1.54, 1.807) is 17.2 Å². The molecule has 1 N–H and O–H groups in total. The Kier molecular flexibility index (Phi) is 5.52. The topological polar surface area (TPSA) is 82.6 Å². The molecule has 1 aliphatic rings. The van der Waals surface area contributed by atoms with Crippen LogP contribution < -0.4 is 10.2 Å². The number of hydrogen-bond acceptors (Lipinski definition) is 5. The fraction of sp³-hybridized carbons (Fsp3) is 0.182. The highest BCUT2D eigenvalue weighted by atomic mass is 32.2. The van der Waals surface area contributed by atoms with Crippen LogP contribution >= 0.6 is 0 Å². The van der Waals surface area contributed by atoms with Gasteiger partial charge in [-0.15, -0.1) is 0 Å². The van der Waals surface area contributed by atoms with Crippen LogP contribution in [0.25, 0.3) is 0 Å². The van der Waals surface area contributed by atoms with E-state index in [1.807, 2.05) is 61.5 Å². The van der Waals surface area contributed by atoms with E-state index in [0.29, 0.717) is 12.4 Å². The molecule has 1 amide bonds. The van der Waals surface area contributed by atoms with Gasteiger partial charge in [0.05, 0.1) is 13.2 Å². The SMILES string of the molecule is Cc1ccc(N2CN(CC(=O)NCc3ccccc3)S(=O)(=O)c3cccnc32)cc1. The number of pyridine rings is 1. The van der Waals surface area contributed by atoms with E-state index in [0.717, 1.165) is 16.8 Å². The fourth-order valence-corrected chi connectivity index (χ4v) is 4.78. The van der Waals surface area contributed by atoms with Crippen molar-refractivity contribution in [2.75, 3.05) is 18.1 Å². The molecule has 0 spiro atoms. The van der Waals surface area contributed by atoms with Crippen molar-refractivity contribution in [2.24, 2.45) is 0 Å². The minimum atomic E-state index is -3.84. The number of nitrogens with zero attached hydrogens (tertiary/aromatic N) is 3. The molecule has 2 heterocycles. The number of benzene rings is 2. The molecule has 7 nitrogen and oxygen atoms in total. The first-order valence-corrected chi connectivity index (χ1v) is 11.0. The van der Waals surface area contributed by atoms with Crippen molar-refractivity contribution in [2.45, 2.75) is 18.4 Å². The number of amides is 1. The molecule has 0 radical (unpaired) electrons. The minimum absolute atomic E-state index is 0.00810. The smallest absolute Gasteiger partial charge is 0.248 e. The third-order valence-corrected chi connectivity index (χ3v) is 6.72. The summed E-state index contributed by atoms with van der Waals surface area (Å²) in [6.45, 7) is 2.06. The molecule has 8 heteroatoms. The van der Waals surface area contributed by atoms with Gasteiger partial charge in [-0.2, -0.15) is 4.31 Å². The van der Waals surface area contributed by atoms with Crippen molar-refractivity contribution in [1.29, 1.82) is 0 Å². The average molecular weight is 423 g/mol. The molecular weight excluding hydrogens is 400 g/mol. The monoisotopic (exact) mass is 422 g/mol. The number of nitrogens with one attached hydrogen (secondary N) is 1. The van der Waals surface area contributed by atoms with Gasteiger partial charge in [0.2, 0.25) is 15.9 Å². The minimum Gasteiger partial charge on any atom is -0.351 e. The second kappa shape index (κ2) is 8.25. The number of anilines is 2. The lowest BCUT2D eigenvalue weighted by molar-refractivity contribution is -0.121. The summed E-state index contributed by atoms with van der Waals surface area (Å²) in [6, 6.07) is 20.3. The Morgan fingerprint density at radius 2 is 1.77 bits per heavy atom. The zero-order valence-corrected chi connectivity index (χ0v) is 17.3. The van der Waals surface area contributed by atoms with Crippen molar-refractivity contribution in [3.63, 3.8) is 0 Å². The quantitative estimate of drug-likeness (QED) is 0.684. The van der Waals surface area contributed by atoms with Gasteiger partial charge in [-0.3, -0.25) is 4.79 Å². The Hall–Kier alpha value is -3.23. The highest BCUT2D eigenvalue weighted by Gasteiger charge is 2.37. The zero-order valence-electron chi connectivity index (χ0n) is 16.5. The number of carbonyl (C=O) groups excluding carboxylic acids is 1. The summed E-state index contributed by atoms with van der Waals surface area (Å²) < 4.78 is 27.4. The van der Waals surface area contributed by atoms with Crippen molar-refractivity contribution in [1.82, 2.24) is 14.6 Å². The zero-order chi connectivity index (χ0) is 21.1. The third-order valence-electron chi connectivity index (χ3n) is 4.92. The maximum atomic E-state index is 13.1. The van der Waals surface area contributed by atoms with E-state index in [-0.39, 0.29) is 24.0 Å². The molecule has 0 fully saturated rings. The van der Waals surface area contributed by atoms with E-state index < -0.39 is 10.0 Å². The van der Waals surface area contributed by atoms with Crippen molar-refractivity contribution >= 4 is 27.4 Å². The van der Waals surface area contributed by atoms with E-state index in [2.05, 4.69) is 10.3 Å². The summed E-state index contributed by atoms with van der Waals surface area (Å²) >= 11 is 0. The van der Waals surface area contributed by atoms with Crippen LogP contribution in [-0.4, -0.2) is 36.8 Å². The van der Waals surface area contributed by atoms with Crippen molar-refractivity contribution in [3.8, 4) is 0 Å². The number of aryl methyl sites for hydroxylation is 1. The molecule has 0 unspecified atom stereocenters. The number of carbonyl (C=O) groups is 1. The molecule has 1 aromatic heterocycles. The molecule has 0 atom stereocenters. The second-order valence-corrected chi connectivity index (χ2v) is 9.01. The fourth-order valence-electron chi connectivity index (χ4n) is 3.30. The molecule has 3 aromatic rings. The summed E-state index contributed by atoms with van der Waals surface area (Å²) in [5.41, 5.74) is 2.86. The maximum absolute atomic E-state index is 13.1. The summed E-state index contributed by atoms with van der Waals surface area (Å²) in [5, 5.41) is 2.79. The molecular formula is C22H22N4O3S. The van der Waals surface area contributed by atoms with Gasteiger partial charge in [-0.1, -0.05) is 48.0 Å². The van der Waals surface area contributed by atoms with E-state index >= 15 is 0 Å². The maximum Gasteiger partial charge on any atom is 0.248 e. The summed E-state index contributed by atoms with van der Waals surface area (Å²) in [4.78, 5) is 18.7. The van der Waals surface area contributed by atoms with E-state index in [1.165, 1.54) is 10.4 Å². The lowest BCUT2D eigenvalue weighted by Gasteiger charge is -2.36. The van der Waals surface area contributed by atoms with Crippen LogP contribution in [-0.2, 0) is 21.4 Å². The van der Waals surface area contributed by atoms with Gasteiger partial charge in [0.1, 0.15) is 4.90 Å². The molecule has 30 heavy (non-hydrogen) atoms. The molecule has 4 rings (SSSR count). The molecule has 0 bridgehead atoms. The largest absolute Gasteiger partial charge is 0.351 e. The predicted molar refractivity (Wildman–Crippen MR) is 115 cm³/mol. The number of fused-ring (bicyclic) bond motifs is 1. The van der Waals surface area contributed by atoms with Crippen LogP contribution in [0.15, 0.2) is 77.8 Å². The van der Waals surface area contributed by atoms with E-state index in [4.69, 9.17) is 0 Å². The Morgan fingerprint density at radius 1 is 1.03 bits per heavy atom. The summed E-state index contributed by atoms with van der Waals surface area (Å²) in [6.07, 6.45) is 1.57. The Balaban J connectivity index is 1.59. The number of sulfonamides is 1. The molecule has 0 saturated heterocycles. The van der Waals surface area contributed by atoms with Crippen LogP contribution in [0.3, 0.4) is 0 Å². The van der Waals surface area contributed by atoms with Crippen LogP contribution in [0.4, 0.5) is 11.5 Å². The number of hydrogen-bond donors (Lipinski definition) is 1. The van der Waals surface area contributed by atoms with Gasteiger partial charge in [-0.05, 0) is 36.8 Å². The van der Waals surface area contributed by atoms with Gasteiger partial charge >= 0.3 is 0 Å². The van der Waals surface area contributed by atoms with Crippen LogP contribution in [0.5, 0.6) is 0 Å². The molecule has 0 aliphatic carbocycles. The lowest BCUT2D eigenvalue weighted by Crippen LogP contribution is -2.48. The first kappa shape index (κ1) is 20.1. The summed E-state index contributed by atoms with van der Waals surface area (Å²) in [5.74, 6) is 0.000853. The van der Waals surface area contributed by atoms with Gasteiger partial charge in [0.25, 0.3) is 0 Å². The third kappa shape index (κ3) is 4.05. The molecule has 0 saturated carbocycles. The van der Waals surface area contributed by atoms with Crippen molar-refractivity contribution in [3.05, 3.63) is 84.1 Å². The van der Waals surface area contributed by atoms with Crippen LogP contribution in [0, 0.1) is 6.92 Å². The highest BCUT2D eigenvalue weighted by molar-refractivity contribution is 7.89. The van der Waals surface area contributed by atoms with Gasteiger partial charge in [0, 0.05) is 18.4 Å². The predicted octanol–water partition coefficient (Wildman–Crippen LogP) is 2.81. The average Bonchev–Trinajstić information content (AvgIpc) is 2.76. The second-order valence-electron chi connectivity index (χ2n) is 7.11. The van der Waals surface area contributed by atoms with Crippen LogP contribution in [0.2, 0.25) is 0 Å². The number of aromatic nitrogens is 1. The Morgan fingerprint density at radius 3 is 2.50 bits per heavy atom. The standard InChI is InChI=1S/C22H22N4O3S/c1-17-9-11-19(12-10-17)26-16-25(30(28,29)20-8-5-13-23-22(20)26)15-21(27)24-14-18-6-3-2-4-7-18/h2-13H,14-16H2,1H3,(H,24,27). The van der Waals surface area contributed by atoms with Crippen molar-refractivity contribution < 1.29 is 13.2 Å². The van der Waals surface area contributed by atoms with Crippen LogP contribution in [0.1, 0.15) is 11.1 Å². The highest BCUT2D eigenvalue weighted by Crippen LogP contribution is 2.35. The van der Waals surface area contributed by atoms with Gasteiger partial charge < -0.3 is 10.2 Å². The normalized spacial score (nSPS) is 15.4. The Labute approximate surface area is 176 Å². The first-order chi connectivity index (χ1) is 14.4. The van der Waals surface area contributed by atoms with Gasteiger partial charge in [0.15, 0.2) is 5.82 Å². The number of rotatable bonds is 5. The lowest BCUT2D eigenvalue weighted by atomic mass is 10.2.